The first-order valence-electron chi connectivity index (χ1n) is 8.15. The summed E-state index contributed by atoms with van der Waals surface area (Å²) in [6.45, 7) is 1.59. The molecule has 0 aliphatic carbocycles. The molecule has 1 amide bonds. The van der Waals surface area contributed by atoms with Crippen molar-refractivity contribution >= 4 is 16.9 Å². The third-order valence-electron chi connectivity index (χ3n) is 4.19. The zero-order valence-electron chi connectivity index (χ0n) is 15.2. The lowest BCUT2D eigenvalue weighted by atomic mass is 9.99. The number of ether oxygens (including phenoxy) is 3. The van der Waals surface area contributed by atoms with E-state index in [0.717, 1.165) is 10.9 Å². The highest BCUT2D eigenvalue weighted by molar-refractivity contribution is 5.88. The third-order valence-corrected chi connectivity index (χ3v) is 4.19. The van der Waals surface area contributed by atoms with Crippen molar-refractivity contribution in [1.82, 2.24) is 0 Å². The number of benzene rings is 2. The summed E-state index contributed by atoms with van der Waals surface area (Å²) in [5.74, 6) is 0.892. The van der Waals surface area contributed by atoms with Crippen LogP contribution in [0.25, 0.3) is 22.1 Å². The van der Waals surface area contributed by atoms with Crippen LogP contribution in [0.1, 0.15) is 5.56 Å². The SMILES string of the molecule is COc1ccc(-c2c(C)c3ccc(OCC(N)=O)cc3oc2=O)cc1OC. The number of primary amides is 1. The molecule has 7 nitrogen and oxygen atoms in total. The maximum Gasteiger partial charge on any atom is 0.344 e. The van der Waals surface area contributed by atoms with Gasteiger partial charge in [-0.3, -0.25) is 4.79 Å². The van der Waals surface area contributed by atoms with Crippen LogP contribution in [0, 0.1) is 6.92 Å². The molecule has 0 saturated heterocycles. The lowest BCUT2D eigenvalue weighted by Gasteiger charge is -2.12. The highest BCUT2D eigenvalue weighted by Crippen LogP contribution is 2.34. The number of hydrogen-bond donors (Lipinski definition) is 1. The van der Waals surface area contributed by atoms with Crippen molar-refractivity contribution in [3.8, 4) is 28.4 Å². The molecule has 0 spiro atoms. The Morgan fingerprint density at radius 2 is 1.81 bits per heavy atom. The molecule has 0 aliphatic heterocycles. The van der Waals surface area contributed by atoms with Crippen LogP contribution in [0.5, 0.6) is 17.2 Å². The average molecular weight is 369 g/mol. The van der Waals surface area contributed by atoms with E-state index >= 15 is 0 Å². The quantitative estimate of drug-likeness (QED) is 0.671. The van der Waals surface area contributed by atoms with Gasteiger partial charge in [-0.25, -0.2) is 4.79 Å². The fraction of sp³-hybridized carbons (Fsp3) is 0.200. The lowest BCUT2D eigenvalue weighted by Crippen LogP contribution is -2.20. The number of carbonyl (C=O) groups is 1. The summed E-state index contributed by atoms with van der Waals surface area (Å²) < 4.78 is 21.3. The molecule has 1 heterocycles. The predicted octanol–water partition coefficient (Wildman–Crippen LogP) is 2.65. The first kappa shape index (κ1) is 18.3. The Kier molecular flexibility index (Phi) is 5.03. The fourth-order valence-corrected chi connectivity index (χ4v) is 2.91. The second kappa shape index (κ2) is 7.41. The molecule has 0 radical (unpaired) electrons. The molecular formula is C20H19NO6. The molecule has 3 rings (SSSR count). The Morgan fingerprint density at radius 3 is 2.48 bits per heavy atom. The number of rotatable bonds is 6. The third kappa shape index (κ3) is 3.57. The van der Waals surface area contributed by atoms with Crippen molar-refractivity contribution in [2.24, 2.45) is 5.73 Å². The van der Waals surface area contributed by atoms with E-state index in [9.17, 15) is 9.59 Å². The summed E-state index contributed by atoms with van der Waals surface area (Å²) in [6.07, 6.45) is 0. The van der Waals surface area contributed by atoms with Gasteiger partial charge in [-0.15, -0.1) is 0 Å². The molecule has 1 aromatic heterocycles. The lowest BCUT2D eigenvalue weighted by molar-refractivity contribution is -0.119. The summed E-state index contributed by atoms with van der Waals surface area (Å²) in [6, 6.07) is 10.3. The minimum absolute atomic E-state index is 0.252. The molecule has 0 unspecified atom stereocenters. The normalized spacial score (nSPS) is 10.6. The Bertz CT molecular complexity index is 1070. The van der Waals surface area contributed by atoms with Crippen molar-refractivity contribution in [2.75, 3.05) is 20.8 Å². The Morgan fingerprint density at radius 1 is 1.07 bits per heavy atom. The topological polar surface area (TPSA) is 101 Å². The molecule has 3 aromatic rings. The van der Waals surface area contributed by atoms with Crippen LogP contribution >= 0.6 is 0 Å². The standard InChI is InChI=1S/C20H19NO6/c1-11-14-6-5-13(26-10-18(21)22)9-16(14)27-20(23)19(11)12-4-7-15(24-2)17(8-12)25-3/h4-9H,10H2,1-3H3,(H2,21,22). The van der Waals surface area contributed by atoms with E-state index in [1.165, 1.54) is 7.11 Å². The molecule has 0 fully saturated rings. The molecule has 0 bridgehead atoms. The molecule has 0 atom stereocenters. The Labute approximate surface area is 155 Å². The summed E-state index contributed by atoms with van der Waals surface area (Å²) in [5, 5.41) is 0.755. The van der Waals surface area contributed by atoms with Gasteiger partial charge in [0.05, 0.1) is 19.8 Å². The molecule has 27 heavy (non-hydrogen) atoms. The highest BCUT2D eigenvalue weighted by atomic mass is 16.5. The zero-order chi connectivity index (χ0) is 19.6. The Balaban J connectivity index is 2.11. The molecule has 140 valence electrons. The predicted molar refractivity (Wildman–Crippen MR) is 100 cm³/mol. The second-order valence-electron chi connectivity index (χ2n) is 5.87. The van der Waals surface area contributed by atoms with Crippen LogP contribution in [-0.2, 0) is 4.79 Å². The number of amides is 1. The van der Waals surface area contributed by atoms with Gasteiger partial charge in [-0.2, -0.15) is 0 Å². The number of nitrogens with two attached hydrogens (primary N) is 1. The maximum absolute atomic E-state index is 12.6. The van der Waals surface area contributed by atoms with Crippen molar-refractivity contribution in [2.45, 2.75) is 6.92 Å². The van der Waals surface area contributed by atoms with E-state index in [0.29, 0.717) is 34.0 Å². The molecule has 2 aromatic carbocycles. The molecular weight excluding hydrogens is 350 g/mol. The smallest absolute Gasteiger partial charge is 0.344 e. The van der Waals surface area contributed by atoms with Gasteiger partial charge >= 0.3 is 5.63 Å². The van der Waals surface area contributed by atoms with Crippen LogP contribution in [0.4, 0.5) is 0 Å². The number of fused-ring (bicyclic) bond motifs is 1. The van der Waals surface area contributed by atoms with Crippen molar-refractivity contribution in [3.63, 3.8) is 0 Å². The van der Waals surface area contributed by atoms with E-state index < -0.39 is 11.5 Å². The van der Waals surface area contributed by atoms with Gasteiger partial charge in [-0.05, 0) is 42.3 Å². The van der Waals surface area contributed by atoms with Crippen LogP contribution in [-0.4, -0.2) is 26.7 Å². The number of hydrogen-bond acceptors (Lipinski definition) is 6. The van der Waals surface area contributed by atoms with Crippen molar-refractivity contribution in [1.29, 1.82) is 0 Å². The second-order valence-corrected chi connectivity index (χ2v) is 5.87. The van der Waals surface area contributed by atoms with Gasteiger partial charge in [0.15, 0.2) is 18.1 Å². The minimum Gasteiger partial charge on any atom is -0.493 e. The molecule has 7 heteroatoms. The zero-order valence-corrected chi connectivity index (χ0v) is 15.2. The first-order chi connectivity index (χ1) is 12.9. The van der Waals surface area contributed by atoms with Crippen LogP contribution < -0.4 is 25.6 Å². The van der Waals surface area contributed by atoms with Gasteiger partial charge in [0.1, 0.15) is 11.3 Å². The van der Waals surface area contributed by atoms with Crippen molar-refractivity contribution in [3.05, 3.63) is 52.4 Å². The summed E-state index contributed by atoms with van der Waals surface area (Å²) in [5.41, 5.74) is 6.81. The fourth-order valence-electron chi connectivity index (χ4n) is 2.91. The van der Waals surface area contributed by atoms with E-state index in [1.807, 2.05) is 6.92 Å². The number of carbonyl (C=O) groups excluding carboxylic acids is 1. The van der Waals surface area contributed by atoms with Crippen LogP contribution in [0.3, 0.4) is 0 Å². The molecule has 0 aliphatic rings. The highest BCUT2D eigenvalue weighted by Gasteiger charge is 2.16. The van der Waals surface area contributed by atoms with E-state index in [-0.39, 0.29) is 6.61 Å². The summed E-state index contributed by atoms with van der Waals surface area (Å²) in [4.78, 5) is 23.5. The van der Waals surface area contributed by atoms with E-state index in [4.69, 9.17) is 24.4 Å². The summed E-state index contributed by atoms with van der Waals surface area (Å²) >= 11 is 0. The number of aryl methyl sites for hydroxylation is 1. The monoisotopic (exact) mass is 369 g/mol. The summed E-state index contributed by atoms with van der Waals surface area (Å²) in [7, 11) is 3.08. The van der Waals surface area contributed by atoms with Gasteiger partial charge < -0.3 is 24.4 Å². The van der Waals surface area contributed by atoms with Crippen LogP contribution in [0.15, 0.2) is 45.6 Å². The molecule has 2 N–H and O–H groups in total. The van der Waals surface area contributed by atoms with Gasteiger partial charge in [0.2, 0.25) is 0 Å². The van der Waals surface area contributed by atoms with Crippen molar-refractivity contribution < 1.29 is 23.4 Å². The number of methoxy groups -OCH3 is 2. The maximum atomic E-state index is 12.6. The van der Waals surface area contributed by atoms with E-state index in [1.54, 1.807) is 43.5 Å². The van der Waals surface area contributed by atoms with Gasteiger partial charge in [-0.1, -0.05) is 6.07 Å². The average Bonchev–Trinajstić information content (AvgIpc) is 2.65. The first-order valence-corrected chi connectivity index (χ1v) is 8.15. The minimum atomic E-state index is -0.587. The molecule has 0 saturated carbocycles. The van der Waals surface area contributed by atoms with Gasteiger partial charge in [0, 0.05) is 11.5 Å². The van der Waals surface area contributed by atoms with E-state index in [2.05, 4.69) is 0 Å². The largest absolute Gasteiger partial charge is 0.493 e. The van der Waals surface area contributed by atoms with Crippen LogP contribution in [0.2, 0.25) is 0 Å². The Hall–Kier alpha value is -3.48. The van der Waals surface area contributed by atoms with Gasteiger partial charge in [0.25, 0.3) is 5.91 Å².